The molecule has 0 saturated carbocycles. The van der Waals surface area contributed by atoms with E-state index in [-0.39, 0.29) is 23.2 Å². The molecular formula is C11H20N2O3. The van der Waals surface area contributed by atoms with Crippen molar-refractivity contribution in [1.82, 2.24) is 4.90 Å². The highest BCUT2D eigenvalue weighted by molar-refractivity contribution is 5.78. The second kappa shape index (κ2) is 4.69. The van der Waals surface area contributed by atoms with Crippen molar-refractivity contribution in [3.05, 3.63) is 5.21 Å². The fourth-order valence-corrected chi connectivity index (χ4v) is 2.49. The van der Waals surface area contributed by atoms with Gasteiger partial charge in [-0.25, -0.2) is 0 Å². The van der Waals surface area contributed by atoms with Gasteiger partial charge in [0, 0.05) is 25.8 Å². The lowest BCUT2D eigenvalue weighted by molar-refractivity contribution is -0.892. The number of carbonyl (C=O) groups excluding carboxylic acids is 1. The van der Waals surface area contributed by atoms with Crippen LogP contribution in [0.1, 0.15) is 26.2 Å². The van der Waals surface area contributed by atoms with E-state index in [1.54, 1.807) is 4.90 Å². The summed E-state index contributed by atoms with van der Waals surface area (Å²) in [5.74, 6) is 0.0473. The van der Waals surface area contributed by atoms with E-state index in [0.717, 1.165) is 32.4 Å². The second-order valence-electron chi connectivity index (χ2n) is 4.88. The van der Waals surface area contributed by atoms with Crippen molar-refractivity contribution in [2.45, 2.75) is 32.2 Å². The van der Waals surface area contributed by atoms with Crippen LogP contribution >= 0.6 is 0 Å². The molecule has 0 radical (unpaired) electrons. The molecule has 2 rings (SSSR count). The Bertz CT molecular complexity index is 264. The normalized spacial score (nSPS) is 26.4. The fourth-order valence-electron chi connectivity index (χ4n) is 2.49. The highest BCUT2D eigenvalue weighted by Crippen LogP contribution is 2.23. The van der Waals surface area contributed by atoms with E-state index in [1.807, 2.05) is 6.92 Å². The first kappa shape index (κ1) is 11.8. The number of ether oxygens (including phenoxy) is 1. The third kappa shape index (κ3) is 2.36. The smallest absolute Gasteiger partial charge is 0.250 e. The molecule has 0 aromatic rings. The number of quaternary nitrogens is 1. The molecule has 1 amide bonds. The van der Waals surface area contributed by atoms with Crippen molar-refractivity contribution < 1.29 is 14.2 Å². The first-order chi connectivity index (χ1) is 7.62. The molecule has 2 saturated heterocycles. The summed E-state index contributed by atoms with van der Waals surface area (Å²) in [5, 5.41) is 12.3. The lowest BCUT2D eigenvalue weighted by atomic mass is 10.2. The van der Waals surface area contributed by atoms with Gasteiger partial charge in [0.1, 0.15) is 13.3 Å². The van der Waals surface area contributed by atoms with E-state index in [1.165, 1.54) is 0 Å². The molecule has 0 spiro atoms. The van der Waals surface area contributed by atoms with Gasteiger partial charge in [0.15, 0.2) is 0 Å². The molecule has 92 valence electrons. The Morgan fingerprint density at radius 2 is 2.19 bits per heavy atom. The topological polar surface area (TPSA) is 52.6 Å². The van der Waals surface area contributed by atoms with Gasteiger partial charge in [-0.2, -0.15) is 0 Å². The standard InChI is InChI=1S/C11H20N2O3/c1-10(13(15)6-2-3-7-13)4-5-12-9-16-8-11(12)14/h10H,2-9H2,1H3. The van der Waals surface area contributed by atoms with Crippen molar-refractivity contribution in [3.63, 3.8) is 0 Å². The maximum absolute atomic E-state index is 12.3. The van der Waals surface area contributed by atoms with Crippen molar-refractivity contribution in [1.29, 1.82) is 0 Å². The summed E-state index contributed by atoms with van der Waals surface area (Å²) >= 11 is 0. The SMILES string of the molecule is CC(CCN1COCC1=O)[N+]1([O-])CCCC1. The zero-order valence-electron chi connectivity index (χ0n) is 9.85. The lowest BCUT2D eigenvalue weighted by Crippen LogP contribution is -2.48. The summed E-state index contributed by atoms with van der Waals surface area (Å²) in [5.41, 5.74) is 0. The Morgan fingerprint density at radius 3 is 2.75 bits per heavy atom. The summed E-state index contributed by atoms with van der Waals surface area (Å²) in [6.07, 6.45) is 2.86. The Morgan fingerprint density at radius 1 is 1.50 bits per heavy atom. The Hall–Kier alpha value is -0.650. The van der Waals surface area contributed by atoms with Crippen LogP contribution in [0.5, 0.6) is 0 Å². The highest BCUT2D eigenvalue weighted by atomic mass is 16.5. The van der Waals surface area contributed by atoms with Gasteiger partial charge in [0.2, 0.25) is 5.91 Å². The first-order valence-corrected chi connectivity index (χ1v) is 6.05. The van der Waals surface area contributed by atoms with E-state index in [2.05, 4.69) is 0 Å². The molecule has 1 atom stereocenters. The van der Waals surface area contributed by atoms with Crippen LogP contribution in [0.4, 0.5) is 0 Å². The number of rotatable bonds is 4. The molecule has 2 aliphatic heterocycles. The molecule has 0 aliphatic carbocycles. The van der Waals surface area contributed by atoms with E-state index in [9.17, 15) is 10.0 Å². The minimum Gasteiger partial charge on any atom is -0.633 e. The number of hydroxylamine groups is 3. The number of nitrogens with zero attached hydrogens (tertiary/aromatic N) is 2. The molecule has 0 aromatic carbocycles. The minimum absolute atomic E-state index is 0.0473. The number of hydrogen-bond donors (Lipinski definition) is 0. The molecule has 0 aromatic heterocycles. The molecular weight excluding hydrogens is 208 g/mol. The molecule has 16 heavy (non-hydrogen) atoms. The van der Waals surface area contributed by atoms with Gasteiger partial charge in [-0.05, 0) is 6.92 Å². The maximum atomic E-state index is 12.3. The summed E-state index contributed by atoms with van der Waals surface area (Å²) in [6, 6.07) is 0.0934. The molecule has 5 heteroatoms. The Kier molecular flexibility index (Phi) is 3.47. The predicted molar refractivity (Wildman–Crippen MR) is 59.2 cm³/mol. The van der Waals surface area contributed by atoms with Crippen LogP contribution in [0.3, 0.4) is 0 Å². The Labute approximate surface area is 96.1 Å². The zero-order chi connectivity index (χ0) is 11.6. The largest absolute Gasteiger partial charge is 0.633 e. The summed E-state index contributed by atoms with van der Waals surface area (Å²) in [6.45, 7) is 4.73. The molecule has 1 unspecified atom stereocenters. The molecule has 5 nitrogen and oxygen atoms in total. The molecule has 0 N–H and O–H groups in total. The zero-order valence-corrected chi connectivity index (χ0v) is 9.85. The average Bonchev–Trinajstić information content (AvgIpc) is 2.85. The van der Waals surface area contributed by atoms with Crippen LogP contribution in [0, 0.1) is 5.21 Å². The van der Waals surface area contributed by atoms with Crippen LogP contribution in [0.25, 0.3) is 0 Å². The monoisotopic (exact) mass is 228 g/mol. The number of carbonyl (C=O) groups is 1. The number of likely N-dealkylation sites (tertiary alicyclic amines) is 1. The van der Waals surface area contributed by atoms with Crippen LogP contribution in [0.15, 0.2) is 0 Å². The number of amides is 1. The van der Waals surface area contributed by atoms with Gasteiger partial charge in [-0.3, -0.25) is 4.79 Å². The van der Waals surface area contributed by atoms with Crippen molar-refractivity contribution in [3.8, 4) is 0 Å². The van der Waals surface area contributed by atoms with Gasteiger partial charge >= 0.3 is 0 Å². The van der Waals surface area contributed by atoms with Crippen LogP contribution < -0.4 is 0 Å². The van der Waals surface area contributed by atoms with Gasteiger partial charge in [0.05, 0.1) is 19.1 Å². The van der Waals surface area contributed by atoms with Gasteiger partial charge < -0.3 is 19.5 Å². The minimum atomic E-state index is -0.0666. The molecule has 0 bridgehead atoms. The van der Waals surface area contributed by atoms with Gasteiger partial charge in [0.25, 0.3) is 0 Å². The van der Waals surface area contributed by atoms with Crippen molar-refractivity contribution in [2.24, 2.45) is 0 Å². The van der Waals surface area contributed by atoms with Crippen LogP contribution in [-0.4, -0.2) is 54.5 Å². The Balaban J connectivity index is 1.78. The van der Waals surface area contributed by atoms with Crippen molar-refractivity contribution >= 4 is 5.91 Å². The van der Waals surface area contributed by atoms with E-state index in [0.29, 0.717) is 13.3 Å². The number of hydrogen-bond acceptors (Lipinski definition) is 3. The third-order valence-corrected chi connectivity index (χ3v) is 3.77. The summed E-state index contributed by atoms with van der Waals surface area (Å²) < 4.78 is 4.98. The maximum Gasteiger partial charge on any atom is 0.250 e. The lowest BCUT2D eigenvalue weighted by Gasteiger charge is -2.44. The van der Waals surface area contributed by atoms with Crippen LogP contribution in [-0.2, 0) is 9.53 Å². The summed E-state index contributed by atoms with van der Waals surface area (Å²) in [4.78, 5) is 13.0. The quantitative estimate of drug-likeness (QED) is 0.525. The van der Waals surface area contributed by atoms with E-state index in [4.69, 9.17) is 4.74 Å². The second-order valence-corrected chi connectivity index (χ2v) is 4.88. The fraction of sp³-hybridized carbons (Fsp3) is 0.909. The summed E-state index contributed by atoms with van der Waals surface area (Å²) in [7, 11) is 0. The average molecular weight is 228 g/mol. The molecule has 2 aliphatic rings. The molecule has 2 heterocycles. The predicted octanol–water partition coefficient (Wildman–Crippen LogP) is 0.690. The van der Waals surface area contributed by atoms with E-state index >= 15 is 0 Å². The van der Waals surface area contributed by atoms with Crippen LogP contribution in [0.2, 0.25) is 0 Å². The highest BCUT2D eigenvalue weighted by Gasteiger charge is 2.30. The third-order valence-electron chi connectivity index (χ3n) is 3.77. The van der Waals surface area contributed by atoms with Crippen molar-refractivity contribution in [2.75, 3.05) is 33.0 Å². The molecule has 2 fully saturated rings. The van der Waals surface area contributed by atoms with Gasteiger partial charge in [-0.1, -0.05) is 0 Å². The van der Waals surface area contributed by atoms with Gasteiger partial charge in [-0.15, -0.1) is 0 Å². The first-order valence-electron chi connectivity index (χ1n) is 6.05. The van der Waals surface area contributed by atoms with E-state index < -0.39 is 0 Å².